The molecular formula is C16H15N3OS. The Morgan fingerprint density at radius 3 is 2.71 bits per heavy atom. The predicted molar refractivity (Wildman–Crippen MR) is 88.5 cm³/mol. The minimum atomic E-state index is -0.0726. The lowest BCUT2D eigenvalue weighted by Crippen LogP contribution is -2.15. The number of carbonyl (C=O) groups excluding carboxylic acids is 1. The summed E-state index contributed by atoms with van der Waals surface area (Å²) in [5, 5.41) is 4.94. The van der Waals surface area contributed by atoms with Gasteiger partial charge in [0, 0.05) is 10.9 Å². The zero-order chi connectivity index (χ0) is 14.7. The van der Waals surface area contributed by atoms with Gasteiger partial charge >= 0.3 is 0 Å². The second-order valence-corrected chi connectivity index (χ2v) is 5.66. The maximum Gasteiger partial charge on any atom is 0.234 e. The van der Waals surface area contributed by atoms with Gasteiger partial charge in [-0.2, -0.15) is 0 Å². The molecule has 0 aliphatic heterocycles. The highest BCUT2D eigenvalue weighted by molar-refractivity contribution is 7.99. The summed E-state index contributed by atoms with van der Waals surface area (Å²) >= 11 is 1.47. The van der Waals surface area contributed by atoms with E-state index in [1.165, 1.54) is 11.8 Å². The first-order chi connectivity index (χ1) is 10.2. The number of aromatic amines is 1. The van der Waals surface area contributed by atoms with Crippen LogP contribution in [0, 0.1) is 0 Å². The van der Waals surface area contributed by atoms with Crippen molar-refractivity contribution in [1.82, 2.24) is 4.98 Å². The highest BCUT2D eigenvalue weighted by atomic mass is 32.2. The fourth-order valence-electron chi connectivity index (χ4n) is 2.06. The van der Waals surface area contributed by atoms with Crippen molar-refractivity contribution in [2.45, 2.75) is 5.03 Å². The van der Waals surface area contributed by atoms with Crippen LogP contribution in [0.5, 0.6) is 0 Å². The summed E-state index contributed by atoms with van der Waals surface area (Å²) in [6.07, 6.45) is 0. The molecule has 1 heterocycles. The number of amides is 1. The van der Waals surface area contributed by atoms with Crippen molar-refractivity contribution in [3.8, 4) is 0 Å². The lowest BCUT2D eigenvalue weighted by Gasteiger charge is -2.06. The molecule has 1 amide bonds. The van der Waals surface area contributed by atoms with Crippen molar-refractivity contribution in [2.24, 2.45) is 0 Å². The SMILES string of the molecule is Nc1ccccc1NC(=O)CSc1cc2ccccc2[nH]1. The van der Waals surface area contributed by atoms with Crippen LogP contribution in [0.4, 0.5) is 11.4 Å². The van der Waals surface area contributed by atoms with E-state index < -0.39 is 0 Å². The normalized spacial score (nSPS) is 10.7. The summed E-state index contributed by atoms with van der Waals surface area (Å²) in [6.45, 7) is 0. The number of aromatic nitrogens is 1. The molecule has 0 radical (unpaired) electrons. The number of nitrogens with one attached hydrogen (secondary N) is 2. The molecule has 0 bridgehead atoms. The molecule has 0 saturated carbocycles. The van der Waals surface area contributed by atoms with E-state index in [4.69, 9.17) is 5.73 Å². The molecule has 0 unspecified atom stereocenters. The summed E-state index contributed by atoms with van der Waals surface area (Å²) < 4.78 is 0. The molecular weight excluding hydrogens is 282 g/mol. The van der Waals surface area contributed by atoms with Gasteiger partial charge in [0.25, 0.3) is 0 Å². The van der Waals surface area contributed by atoms with E-state index in [2.05, 4.69) is 10.3 Å². The number of benzene rings is 2. The predicted octanol–water partition coefficient (Wildman–Crippen LogP) is 3.48. The zero-order valence-electron chi connectivity index (χ0n) is 11.3. The standard InChI is InChI=1S/C16H15N3OS/c17-12-6-2-4-8-14(12)18-15(20)10-21-16-9-11-5-1-3-7-13(11)19-16/h1-9,19H,10,17H2,(H,18,20). The minimum absolute atomic E-state index is 0.0726. The van der Waals surface area contributed by atoms with Gasteiger partial charge in [-0.1, -0.05) is 42.1 Å². The van der Waals surface area contributed by atoms with Gasteiger partial charge in [0.1, 0.15) is 0 Å². The van der Waals surface area contributed by atoms with Crippen molar-refractivity contribution in [3.05, 3.63) is 54.6 Å². The van der Waals surface area contributed by atoms with Crippen LogP contribution in [0.3, 0.4) is 0 Å². The average molecular weight is 297 g/mol. The molecule has 3 aromatic rings. The van der Waals surface area contributed by atoms with Gasteiger partial charge in [0.05, 0.1) is 22.2 Å². The molecule has 3 rings (SSSR count). The van der Waals surface area contributed by atoms with Gasteiger partial charge in [0.2, 0.25) is 5.91 Å². The Labute approximate surface area is 126 Å². The largest absolute Gasteiger partial charge is 0.397 e. The molecule has 0 saturated heterocycles. The molecule has 4 nitrogen and oxygen atoms in total. The molecule has 5 heteroatoms. The van der Waals surface area contributed by atoms with E-state index in [1.54, 1.807) is 12.1 Å². The van der Waals surface area contributed by atoms with Gasteiger partial charge < -0.3 is 16.0 Å². The Balaban J connectivity index is 1.62. The first kappa shape index (κ1) is 13.6. The molecule has 0 aliphatic carbocycles. The third-order valence-corrected chi connectivity index (χ3v) is 4.04. The quantitative estimate of drug-likeness (QED) is 0.510. The number of para-hydroxylation sites is 3. The van der Waals surface area contributed by atoms with Crippen LogP contribution in [0.15, 0.2) is 59.6 Å². The summed E-state index contributed by atoms with van der Waals surface area (Å²) in [5.41, 5.74) is 8.10. The topological polar surface area (TPSA) is 70.9 Å². The molecule has 0 fully saturated rings. The third-order valence-electron chi connectivity index (χ3n) is 3.10. The highest BCUT2D eigenvalue weighted by Crippen LogP contribution is 2.23. The number of carbonyl (C=O) groups is 1. The van der Waals surface area contributed by atoms with Gasteiger partial charge in [-0.25, -0.2) is 0 Å². The van der Waals surface area contributed by atoms with Crippen LogP contribution in [0.2, 0.25) is 0 Å². The molecule has 21 heavy (non-hydrogen) atoms. The Morgan fingerprint density at radius 2 is 1.90 bits per heavy atom. The number of nitrogens with two attached hydrogens (primary N) is 1. The van der Waals surface area contributed by atoms with E-state index in [9.17, 15) is 4.79 Å². The number of H-pyrrole nitrogens is 1. The molecule has 106 valence electrons. The van der Waals surface area contributed by atoms with E-state index >= 15 is 0 Å². The smallest absolute Gasteiger partial charge is 0.234 e. The minimum Gasteiger partial charge on any atom is -0.397 e. The second-order valence-electron chi connectivity index (χ2n) is 4.64. The van der Waals surface area contributed by atoms with Gasteiger partial charge in [-0.3, -0.25) is 4.79 Å². The van der Waals surface area contributed by atoms with E-state index in [1.807, 2.05) is 42.5 Å². The van der Waals surface area contributed by atoms with Gasteiger partial charge in [-0.05, 0) is 24.3 Å². The maximum atomic E-state index is 12.0. The lowest BCUT2D eigenvalue weighted by molar-refractivity contribution is -0.113. The first-order valence-electron chi connectivity index (χ1n) is 6.57. The van der Waals surface area contributed by atoms with Crippen molar-refractivity contribution in [3.63, 3.8) is 0 Å². The summed E-state index contributed by atoms with van der Waals surface area (Å²) in [7, 11) is 0. The fraction of sp³-hybridized carbons (Fsp3) is 0.0625. The van der Waals surface area contributed by atoms with Crippen LogP contribution in [-0.2, 0) is 4.79 Å². The van der Waals surface area contributed by atoms with Crippen LogP contribution in [0.1, 0.15) is 0 Å². The number of hydrogen-bond acceptors (Lipinski definition) is 3. The monoisotopic (exact) mass is 297 g/mol. The van der Waals surface area contributed by atoms with Crippen LogP contribution in [0.25, 0.3) is 10.9 Å². The summed E-state index contributed by atoms with van der Waals surface area (Å²) in [4.78, 5) is 15.2. The molecule has 4 N–H and O–H groups in total. The summed E-state index contributed by atoms with van der Waals surface area (Å²) in [6, 6.07) is 17.3. The Kier molecular flexibility index (Phi) is 3.83. The molecule has 0 spiro atoms. The number of anilines is 2. The summed E-state index contributed by atoms with van der Waals surface area (Å²) in [5.74, 6) is 0.262. The van der Waals surface area contributed by atoms with E-state index in [0.29, 0.717) is 17.1 Å². The maximum absolute atomic E-state index is 12.0. The lowest BCUT2D eigenvalue weighted by atomic mass is 10.3. The average Bonchev–Trinajstić information content (AvgIpc) is 2.90. The second kappa shape index (κ2) is 5.93. The number of hydrogen-bond donors (Lipinski definition) is 3. The Morgan fingerprint density at radius 1 is 1.14 bits per heavy atom. The molecule has 0 aliphatic rings. The fourth-order valence-corrected chi connectivity index (χ4v) is 2.82. The number of rotatable bonds is 4. The van der Waals surface area contributed by atoms with E-state index in [-0.39, 0.29) is 5.91 Å². The molecule has 0 atom stereocenters. The van der Waals surface area contributed by atoms with Crippen molar-refractivity contribution in [2.75, 3.05) is 16.8 Å². The molecule has 1 aromatic heterocycles. The Bertz CT molecular complexity index is 749. The number of nitrogen functional groups attached to an aromatic ring is 1. The van der Waals surface area contributed by atoms with Crippen molar-refractivity contribution in [1.29, 1.82) is 0 Å². The van der Waals surface area contributed by atoms with Gasteiger partial charge in [-0.15, -0.1) is 0 Å². The van der Waals surface area contributed by atoms with Gasteiger partial charge in [0.15, 0.2) is 0 Å². The number of thioether (sulfide) groups is 1. The van der Waals surface area contributed by atoms with Crippen LogP contribution < -0.4 is 11.1 Å². The third kappa shape index (κ3) is 3.20. The number of fused-ring (bicyclic) bond motifs is 1. The van der Waals surface area contributed by atoms with Crippen molar-refractivity contribution >= 4 is 39.9 Å². The first-order valence-corrected chi connectivity index (χ1v) is 7.56. The highest BCUT2D eigenvalue weighted by Gasteiger charge is 2.07. The van der Waals surface area contributed by atoms with Crippen LogP contribution >= 0.6 is 11.8 Å². The van der Waals surface area contributed by atoms with Crippen molar-refractivity contribution < 1.29 is 4.79 Å². The van der Waals surface area contributed by atoms with E-state index in [0.717, 1.165) is 15.9 Å². The zero-order valence-corrected chi connectivity index (χ0v) is 12.1. The van der Waals surface area contributed by atoms with Crippen LogP contribution in [-0.4, -0.2) is 16.6 Å². The molecule has 2 aromatic carbocycles. The Hall–Kier alpha value is -2.40.